The summed E-state index contributed by atoms with van der Waals surface area (Å²) in [6, 6.07) is 0.145. The van der Waals surface area contributed by atoms with Crippen LogP contribution in [0.15, 0.2) is 0 Å². The van der Waals surface area contributed by atoms with E-state index in [9.17, 15) is 4.79 Å². The van der Waals surface area contributed by atoms with Gasteiger partial charge >= 0.3 is 0 Å². The molecule has 1 unspecified atom stereocenters. The van der Waals surface area contributed by atoms with E-state index in [1.54, 1.807) is 0 Å². The van der Waals surface area contributed by atoms with Crippen LogP contribution in [0.1, 0.15) is 26.7 Å². The SMILES string of the molecule is CCCC(C)C(=O)N[C@H]1CNOC1. The van der Waals surface area contributed by atoms with Crippen LogP contribution in [0.5, 0.6) is 0 Å². The molecule has 4 nitrogen and oxygen atoms in total. The molecule has 0 radical (unpaired) electrons. The molecule has 4 heteroatoms. The third-order valence-electron chi connectivity index (χ3n) is 2.23. The zero-order chi connectivity index (χ0) is 9.68. The van der Waals surface area contributed by atoms with Crippen LogP contribution >= 0.6 is 0 Å². The third-order valence-corrected chi connectivity index (χ3v) is 2.23. The largest absolute Gasteiger partial charge is 0.349 e. The summed E-state index contributed by atoms with van der Waals surface area (Å²) in [7, 11) is 0. The predicted molar refractivity (Wildman–Crippen MR) is 50.0 cm³/mol. The maximum Gasteiger partial charge on any atom is 0.223 e. The third kappa shape index (κ3) is 3.32. The fourth-order valence-corrected chi connectivity index (χ4v) is 1.38. The summed E-state index contributed by atoms with van der Waals surface area (Å²) in [4.78, 5) is 16.4. The Kier molecular flexibility index (Phi) is 4.18. The molecule has 0 aromatic carbocycles. The summed E-state index contributed by atoms with van der Waals surface area (Å²) < 4.78 is 0. The van der Waals surface area contributed by atoms with Gasteiger partial charge in [0.05, 0.1) is 12.6 Å². The van der Waals surface area contributed by atoms with E-state index in [1.165, 1.54) is 0 Å². The Bertz CT molecular complexity index is 167. The molecular weight excluding hydrogens is 168 g/mol. The summed E-state index contributed by atoms with van der Waals surface area (Å²) in [6.07, 6.45) is 2.00. The van der Waals surface area contributed by atoms with Crippen molar-refractivity contribution in [1.29, 1.82) is 0 Å². The van der Waals surface area contributed by atoms with Gasteiger partial charge in [-0.05, 0) is 6.42 Å². The molecule has 0 aromatic rings. The van der Waals surface area contributed by atoms with E-state index >= 15 is 0 Å². The van der Waals surface area contributed by atoms with E-state index in [1.807, 2.05) is 6.92 Å². The molecule has 76 valence electrons. The van der Waals surface area contributed by atoms with Crippen molar-refractivity contribution in [3.8, 4) is 0 Å². The average molecular weight is 186 g/mol. The minimum absolute atomic E-state index is 0.116. The summed E-state index contributed by atoms with van der Waals surface area (Å²) in [5, 5.41) is 2.94. The second-order valence-corrected chi connectivity index (χ2v) is 3.55. The van der Waals surface area contributed by atoms with Crippen LogP contribution in [-0.2, 0) is 9.63 Å². The molecule has 1 aliphatic rings. The Morgan fingerprint density at radius 3 is 3.08 bits per heavy atom. The molecular formula is C9H18N2O2. The van der Waals surface area contributed by atoms with Crippen LogP contribution < -0.4 is 10.8 Å². The maximum atomic E-state index is 11.5. The Morgan fingerprint density at radius 2 is 2.54 bits per heavy atom. The molecule has 0 saturated carbocycles. The first-order valence-corrected chi connectivity index (χ1v) is 4.89. The van der Waals surface area contributed by atoms with Gasteiger partial charge < -0.3 is 5.32 Å². The van der Waals surface area contributed by atoms with Crippen LogP contribution in [-0.4, -0.2) is 25.1 Å². The zero-order valence-corrected chi connectivity index (χ0v) is 8.30. The van der Waals surface area contributed by atoms with Gasteiger partial charge in [-0.15, -0.1) is 0 Å². The Hall–Kier alpha value is -0.610. The van der Waals surface area contributed by atoms with Crippen molar-refractivity contribution < 1.29 is 9.63 Å². The second-order valence-electron chi connectivity index (χ2n) is 3.55. The molecule has 2 N–H and O–H groups in total. The van der Waals surface area contributed by atoms with Crippen molar-refractivity contribution in [2.75, 3.05) is 13.2 Å². The number of carbonyl (C=O) groups is 1. The topological polar surface area (TPSA) is 50.4 Å². The van der Waals surface area contributed by atoms with Gasteiger partial charge in [0.2, 0.25) is 5.91 Å². The molecule has 1 aliphatic heterocycles. The normalized spacial score (nSPS) is 24.3. The number of amides is 1. The molecule has 13 heavy (non-hydrogen) atoms. The molecule has 1 saturated heterocycles. The molecule has 0 aromatic heterocycles. The van der Waals surface area contributed by atoms with E-state index in [-0.39, 0.29) is 17.9 Å². The van der Waals surface area contributed by atoms with Crippen molar-refractivity contribution in [3.05, 3.63) is 0 Å². The molecule has 1 fully saturated rings. The first kappa shape index (κ1) is 10.5. The number of hydrogen-bond donors (Lipinski definition) is 2. The van der Waals surface area contributed by atoms with E-state index in [0.29, 0.717) is 13.2 Å². The molecule has 2 atom stereocenters. The van der Waals surface area contributed by atoms with E-state index < -0.39 is 0 Å². The van der Waals surface area contributed by atoms with Crippen molar-refractivity contribution in [2.24, 2.45) is 5.92 Å². The summed E-state index contributed by atoms with van der Waals surface area (Å²) in [6.45, 7) is 5.33. The fourth-order valence-electron chi connectivity index (χ4n) is 1.38. The van der Waals surface area contributed by atoms with Crippen LogP contribution in [0.3, 0.4) is 0 Å². The van der Waals surface area contributed by atoms with Gasteiger partial charge in [-0.1, -0.05) is 20.3 Å². The first-order valence-electron chi connectivity index (χ1n) is 4.89. The van der Waals surface area contributed by atoms with Gasteiger partial charge in [0.15, 0.2) is 0 Å². The van der Waals surface area contributed by atoms with Crippen molar-refractivity contribution >= 4 is 5.91 Å². The fraction of sp³-hybridized carbons (Fsp3) is 0.889. The van der Waals surface area contributed by atoms with Crippen LogP contribution in [0.25, 0.3) is 0 Å². The van der Waals surface area contributed by atoms with Gasteiger partial charge in [-0.25, -0.2) is 5.48 Å². The minimum atomic E-state index is 0.116. The molecule has 1 rings (SSSR count). The predicted octanol–water partition coefficient (Wildman–Crippen LogP) is 0.442. The highest BCUT2D eigenvalue weighted by molar-refractivity contribution is 5.78. The lowest BCUT2D eigenvalue weighted by molar-refractivity contribution is -0.125. The van der Waals surface area contributed by atoms with Gasteiger partial charge in [0.1, 0.15) is 0 Å². The Morgan fingerprint density at radius 1 is 1.77 bits per heavy atom. The van der Waals surface area contributed by atoms with Gasteiger partial charge in [-0.3, -0.25) is 9.63 Å². The Balaban J connectivity index is 2.22. The number of hydroxylamine groups is 1. The molecule has 0 aliphatic carbocycles. The molecule has 0 bridgehead atoms. The summed E-state index contributed by atoms with van der Waals surface area (Å²) in [5.74, 6) is 0.254. The number of hydrogen-bond acceptors (Lipinski definition) is 3. The number of nitrogens with one attached hydrogen (secondary N) is 2. The number of rotatable bonds is 4. The second kappa shape index (κ2) is 5.19. The van der Waals surface area contributed by atoms with Gasteiger partial charge in [0.25, 0.3) is 0 Å². The lowest BCUT2D eigenvalue weighted by atomic mass is 10.1. The zero-order valence-electron chi connectivity index (χ0n) is 8.30. The highest BCUT2D eigenvalue weighted by Gasteiger charge is 2.20. The smallest absolute Gasteiger partial charge is 0.223 e. The molecule has 0 spiro atoms. The maximum absolute atomic E-state index is 11.5. The molecule has 1 amide bonds. The monoisotopic (exact) mass is 186 g/mol. The Labute approximate surface area is 79.0 Å². The quantitative estimate of drug-likeness (QED) is 0.670. The van der Waals surface area contributed by atoms with Crippen molar-refractivity contribution in [1.82, 2.24) is 10.8 Å². The van der Waals surface area contributed by atoms with Crippen LogP contribution in [0, 0.1) is 5.92 Å². The van der Waals surface area contributed by atoms with Crippen molar-refractivity contribution in [2.45, 2.75) is 32.7 Å². The summed E-state index contributed by atoms with van der Waals surface area (Å²) >= 11 is 0. The standard InChI is InChI=1S/C9H18N2O2/c1-3-4-7(2)9(12)11-8-5-10-13-6-8/h7-8,10H,3-6H2,1-2H3,(H,11,12)/t7?,8-/m0/s1. The highest BCUT2D eigenvalue weighted by Crippen LogP contribution is 2.05. The minimum Gasteiger partial charge on any atom is -0.349 e. The average Bonchev–Trinajstić information content (AvgIpc) is 2.57. The van der Waals surface area contributed by atoms with E-state index in [4.69, 9.17) is 4.84 Å². The first-order chi connectivity index (χ1) is 6.24. The van der Waals surface area contributed by atoms with E-state index in [0.717, 1.165) is 12.8 Å². The van der Waals surface area contributed by atoms with Crippen LogP contribution in [0.4, 0.5) is 0 Å². The lowest BCUT2D eigenvalue weighted by Gasteiger charge is -2.14. The number of carbonyl (C=O) groups excluding carboxylic acids is 1. The van der Waals surface area contributed by atoms with Crippen LogP contribution in [0.2, 0.25) is 0 Å². The lowest BCUT2D eigenvalue weighted by Crippen LogP contribution is -2.40. The van der Waals surface area contributed by atoms with Crippen molar-refractivity contribution in [3.63, 3.8) is 0 Å². The molecule has 1 heterocycles. The summed E-state index contributed by atoms with van der Waals surface area (Å²) in [5.41, 5.74) is 2.73. The highest BCUT2D eigenvalue weighted by atomic mass is 16.7. The van der Waals surface area contributed by atoms with Gasteiger partial charge in [-0.2, -0.15) is 0 Å². The van der Waals surface area contributed by atoms with E-state index in [2.05, 4.69) is 17.7 Å². The van der Waals surface area contributed by atoms with Gasteiger partial charge in [0, 0.05) is 12.5 Å².